The van der Waals surface area contributed by atoms with Crippen molar-refractivity contribution in [3.8, 4) is 0 Å². The molecule has 2 aliphatic heterocycles. The number of carbonyl (C=O) groups is 5. The molecular weight excluding hydrogens is 815 g/mol. The molecule has 3 aromatic rings. The van der Waals surface area contributed by atoms with E-state index < -0.39 is 112 Å². The van der Waals surface area contributed by atoms with Crippen LogP contribution in [0.3, 0.4) is 0 Å². The van der Waals surface area contributed by atoms with Crippen molar-refractivity contribution in [2.75, 3.05) is 6.61 Å². The third-order valence-electron chi connectivity index (χ3n) is 14.0. The Balaban J connectivity index is 1.30. The molecule has 5 aliphatic rings. The van der Waals surface area contributed by atoms with Crippen molar-refractivity contribution < 1.29 is 67.7 Å². The number of ether oxygens (including phenoxy) is 6. The molecule has 2 heterocycles. The van der Waals surface area contributed by atoms with Gasteiger partial charge in [-0.1, -0.05) is 80.6 Å². The third-order valence-corrected chi connectivity index (χ3v) is 14.0. The minimum atomic E-state index is -2.69. The van der Waals surface area contributed by atoms with Gasteiger partial charge in [0.2, 0.25) is 0 Å². The van der Waals surface area contributed by atoms with Crippen LogP contribution in [-0.2, 0) is 42.8 Å². The minimum Gasteiger partial charge on any atom is -0.455 e. The first-order valence-electron chi connectivity index (χ1n) is 21.1. The van der Waals surface area contributed by atoms with Gasteiger partial charge in [0.1, 0.15) is 30.0 Å². The maximum absolute atomic E-state index is 15.8. The van der Waals surface area contributed by atoms with Crippen molar-refractivity contribution in [1.29, 1.82) is 0 Å². The van der Waals surface area contributed by atoms with Gasteiger partial charge in [-0.2, -0.15) is 0 Å². The van der Waals surface area contributed by atoms with E-state index in [2.05, 4.69) is 5.32 Å². The molecule has 334 valence electrons. The van der Waals surface area contributed by atoms with Gasteiger partial charge < -0.3 is 49.1 Å². The molecule has 8 rings (SSSR count). The fourth-order valence-corrected chi connectivity index (χ4v) is 11.0. The molecule has 2 saturated carbocycles. The van der Waals surface area contributed by atoms with Crippen LogP contribution in [0.4, 0.5) is 0 Å². The van der Waals surface area contributed by atoms with E-state index in [0.29, 0.717) is 5.56 Å². The second kappa shape index (κ2) is 15.8. The van der Waals surface area contributed by atoms with Crippen LogP contribution in [-0.4, -0.2) is 111 Å². The molecule has 3 aromatic carbocycles. The van der Waals surface area contributed by atoms with E-state index in [0.717, 1.165) is 0 Å². The molecule has 15 nitrogen and oxygen atoms in total. The quantitative estimate of drug-likeness (QED) is 0.136. The number of nitrogens with one attached hydrogen (secondary N) is 1. The van der Waals surface area contributed by atoms with Crippen LogP contribution in [0.15, 0.2) is 102 Å². The highest BCUT2D eigenvalue weighted by Crippen LogP contribution is 2.66. The van der Waals surface area contributed by atoms with E-state index in [9.17, 15) is 34.5 Å². The van der Waals surface area contributed by atoms with Crippen molar-refractivity contribution in [3.63, 3.8) is 0 Å². The molecule has 4 fully saturated rings. The number of Topliss-reactive ketones (excluding diaryl/α,β-unsaturated/α-hetero) is 1. The number of fused-ring (bicyclic) bond motifs is 6. The van der Waals surface area contributed by atoms with Gasteiger partial charge >= 0.3 is 17.9 Å². The summed E-state index contributed by atoms with van der Waals surface area (Å²) in [7, 11) is 0. The summed E-state index contributed by atoms with van der Waals surface area (Å²) in [4.78, 5) is 71.2. The Hall–Kier alpha value is -5.29. The molecule has 0 radical (unpaired) electrons. The lowest BCUT2D eigenvalue weighted by molar-refractivity contribution is -0.358. The van der Waals surface area contributed by atoms with Gasteiger partial charge in [0.05, 0.1) is 35.6 Å². The number of hydrogen-bond donors (Lipinski definition) is 4. The summed E-state index contributed by atoms with van der Waals surface area (Å²) in [6.45, 7) is 10.4. The Bertz CT molecular complexity index is 2330. The van der Waals surface area contributed by atoms with Gasteiger partial charge in [0, 0.05) is 24.3 Å². The Morgan fingerprint density at radius 2 is 1.41 bits per heavy atom. The standard InChI is InChI=1S/C48H53NO14/c1-25-32-36-38(52)46(7)30(62-45(5,6)63-36)23-31-47(24-58-31,61-26(2)50)37(46)40(60-42(55)29-21-15-10-16-22-29)48(57,44(32,3)4)39(53)35(25)59-43(56)34(51)33(27-17-11-8-12-18-27)49-41(54)28-19-13-9-14-20-28/h8-22,30-31,33-37,39-40,51,53,57H,23-24H2,1-7H3,(H,49,54)/t30-,31+,33-,34+,35+,36+,37-,39-,40-,46+,47-,48+/m0/s1. The number of hydrogen-bond acceptors (Lipinski definition) is 14. The van der Waals surface area contributed by atoms with Gasteiger partial charge in [-0.25, -0.2) is 9.59 Å². The molecule has 3 aliphatic carbocycles. The number of amides is 1. The molecule has 0 spiro atoms. The average Bonchev–Trinajstić information content (AvgIpc) is 3.32. The Morgan fingerprint density at radius 1 is 0.825 bits per heavy atom. The summed E-state index contributed by atoms with van der Waals surface area (Å²) in [5, 5.41) is 41.3. The van der Waals surface area contributed by atoms with Gasteiger partial charge in [-0.05, 0) is 68.7 Å². The van der Waals surface area contributed by atoms with Crippen LogP contribution >= 0.6 is 0 Å². The molecule has 0 aromatic heterocycles. The summed E-state index contributed by atoms with van der Waals surface area (Å²) in [6, 6.07) is 23.0. The zero-order valence-electron chi connectivity index (χ0n) is 36.1. The summed E-state index contributed by atoms with van der Waals surface area (Å²) >= 11 is 0. The van der Waals surface area contributed by atoms with E-state index in [1.807, 2.05) is 0 Å². The predicted octanol–water partition coefficient (Wildman–Crippen LogP) is 3.93. The van der Waals surface area contributed by atoms with E-state index in [1.165, 1.54) is 26.0 Å². The van der Waals surface area contributed by atoms with Crippen LogP contribution in [0, 0.1) is 16.7 Å². The topological polar surface area (TPSA) is 213 Å². The summed E-state index contributed by atoms with van der Waals surface area (Å²) in [6.07, 6.45) is -11.4. The van der Waals surface area contributed by atoms with Crippen molar-refractivity contribution in [2.24, 2.45) is 16.7 Å². The van der Waals surface area contributed by atoms with Crippen LogP contribution in [0.5, 0.6) is 0 Å². The molecule has 15 heteroatoms. The van der Waals surface area contributed by atoms with Gasteiger partial charge in [-0.15, -0.1) is 0 Å². The van der Waals surface area contributed by atoms with Crippen molar-refractivity contribution in [3.05, 3.63) is 119 Å². The van der Waals surface area contributed by atoms with Crippen LogP contribution < -0.4 is 5.32 Å². The summed E-state index contributed by atoms with van der Waals surface area (Å²) in [5.41, 5.74) is -7.03. The second-order valence-corrected chi connectivity index (χ2v) is 18.4. The van der Waals surface area contributed by atoms with Crippen molar-refractivity contribution in [1.82, 2.24) is 5.32 Å². The molecule has 4 bridgehead atoms. The predicted molar refractivity (Wildman–Crippen MR) is 221 cm³/mol. The van der Waals surface area contributed by atoms with Crippen molar-refractivity contribution >= 4 is 29.6 Å². The zero-order valence-corrected chi connectivity index (χ0v) is 36.1. The molecule has 63 heavy (non-hydrogen) atoms. The lowest BCUT2D eigenvalue weighted by atomic mass is 9.44. The summed E-state index contributed by atoms with van der Waals surface area (Å²) < 4.78 is 38.0. The van der Waals surface area contributed by atoms with E-state index in [-0.39, 0.29) is 35.3 Å². The monoisotopic (exact) mass is 867 g/mol. The fourth-order valence-electron chi connectivity index (χ4n) is 11.0. The third kappa shape index (κ3) is 6.91. The van der Waals surface area contributed by atoms with Gasteiger partial charge in [0.15, 0.2) is 29.4 Å². The first kappa shape index (κ1) is 44.3. The first-order chi connectivity index (χ1) is 29.7. The number of aliphatic hydroxyl groups excluding tert-OH is 2. The molecule has 12 atom stereocenters. The minimum absolute atomic E-state index is 0.0504. The van der Waals surface area contributed by atoms with Crippen molar-refractivity contribution in [2.45, 2.75) is 121 Å². The highest BCUT2D eigenvalue weighted by atomic mass is 16.7. The number of esters is 3. The maximum Gasteiger partial charge on any atom is 0.338 e. The second-order valence-electron chi connectivity index (χ2n) is 18.4. The van der Waals surface area contributed by atoms with Gasteiger partial charge in [-0.3, -0.25) is 14.4 Å². The first-order valence-corrected chi connectivity index (χ1v) is 21.1. The van der Waals surface area contributed by atoms with E-state index in [4.69, 9.17) is 28.4 Å². The van der Waals surface area contributed by atoms with Crippen LogP contribution in [0.2, 0.25) is 0 Å². The Kier molecular flexibility index (Phi) is 11.1. The summed E-state index contributed by atoms with van der Waals surface area (Å²) in [5.74, 6) is -7.10. The van der Waals surface area contributed by atoms with E-state index >= 15 is 4.79 Å². The zero-order chi connectivity index (χ0) is 45.4. The SMILES string of the molecule is CC(=O)O[C@@]12CO[C@@H]1C[C@@H]1OC(C)(C)O[C@H]3C(=O)[C@@]1(C)[C@@H]2[C@H](OC(=O)c1ccccc1)[C@]1(O)[C@@H](O)[C@H](OC(=O)[C@H](O)[C@@H](NC(=O)c2ccccc2)c2ccccc2)C(C)=C3C1(C)C. The molecule has 1 amide bonds. The fraction of sp³-hybridized carbons (Fsp3) is 0.479. The number of benzene rings is 3. The number of carbonyl (C=O) groups excluding carboxylic acids is 5. The number of ketones is 1. The largest absolute Gasteiger partial charge is 0.455 e. The highest BCUT2D eigenvalue weighted by Gasteiger charge is 2.81. The number of aliphatic hydroxyl groups is 3. The highest BCUT2D eigenvalue weighted by molar-refractivity contribution is 5.96. The molecule has 4 N–H and O–H groups in total. The van der Waals surface area contributed by atoms with Crippen LogP contribution in [0.25, 0.3) is 0 Å². The lowest BCUT2D eigenvalue weighted by Crippen LogP contribution is -2.83. The molecule has 0 unspecified atom stereocenters. The number of rotatable bonds is 9. The maximum atomic E-state index is 15.8. The Morgan fingerprint density at radius 3 is 1.98 bits per heavy atom. The lowest BCUT2D eigenvalue weighted by Gasteiger charge is -2.67. The van der Waals surface area contributed by atoms with Gasteiger partial charge in [0.25, 0.3) is 5.91 Å². The normalized spacial score (nSPS) is 34.6. The molecular formula is C48H53NO14. The average molecular weight is 868 g/mol. The smallest absolute Gasteiger partial charge is 0.338 e. The Labute approximate surface area is 364 Å². The van der Waals surface area contributed by atoms with E-state index in [1.54, 1.807) is 113 Å². The van der Waals surface area contributed by atoms with Crippen LogP contribution in [0.1, 0.15) is 87.2 Å². The molecule has 2 saturated heterocycles.